The monoisotopic (exact) mass is 394 g/mol. The van der Waals surface area contributed by atoms with Crippen LogP contribution < -0.4 is 10.5 Å². The zero-order valence-corrected chi connectivity index (χ0v) is 16.4. The summed E-state index contributed by atoms with van der Waals surface area (Å²) in [6.07, 6.45) is 1.87. The maximum Gasteiger partial charge on any atom is 0.229 e. The van der Waals surface area contributed by atoms with Gasteiger partial charge in [-0.1, -0.05) is 60.7 Å². The van der Waals surface area contributed by atoms with Gasteiger partial charge in [-0.05, 0) is 46.4 Å². The molecule has 0 fully saturated rings. The first-order chi connectivity index (χ1) is 13.3. The summed E-state index contributed by atoms with van der Waals surface area (Å²) in [5, 5.41) is 0. The summed E-state index contributed by atoms with van der Waals surface area (Å²) in [5.41, 5.74) is 10.8. The number of primary amides is 1. The van der Waals surface area contributed by atoms with Crippen LogP contribution in [0, 0.1) is 0 Å². The van der Waals surface area contributed by atoms with Gasteiger partial charge in [0.1, 0.15) is 0 Å². The van der Waals surface area contributed by atoms with Crippen LogP contribution in [0.2, 0.25) is 0 Å². The number of carbonyl (C=O) groups is 1. The van der Waals surface area contributed by atoms with Gasteiger partial charge in [0.25, 0.3) is 0 Å². The summed E-state index contributed by atoms with van der Waals surface area (Å²) in [6.45, 7) is 0. The molecule has 3 aromatic rings. The van der Waals surface area contributed by atoms with E-state index >= 15 is 0 Å². The average Bonchev–Trinajstić information content (AvgIpc) is 2.65. The molecule has 3 aromatic carbocycles. The van der Waals surface area contributed by atoms with Crippen molar-refractivity contribution in [1.29, 1.82) is 0 Å². The Balaban J connectivity index is 2.04. The van der Waals surface area contributed by atoms with Crippen LogP contribution in [0.15, 0.2) is 72.8 Å². The number of hydrogen-bond acceptors (Lipinski definition) is 3. The topological polar surface area (TPSA) is 89.3 Å². The normalized spacial score (nSPS) is 11.2. The van der Waals surface area contributed by atoms with Gasteiger partial charge >= 0.3 is 0 Å². The van der Waals surface area contributed by atoms with Gasteiger partial charge in [-0.15, -0.1) is 0 Å². The minimum Gasteiger partial charge on any atom is -0.370 e. The molecule has 1 amide bonds. The maximum absolute atomic E-state index is 11.5. The Morgan fingerprint density at radius 2 is 1.61 bits per heavy atom. The van der Waals surface area contributed by atoms with Crippen molar-refractivity contribution in [3.63, 3.8) is 0 Å². The van der Waals surface area contributed by atoms with E-state index in [1.54, 1.807) is 18.2 Å². The molecule has 28 heavy (non-hydrogen) atoms. The molecule has 3 rings (SSSR count). The molecular weight excluding hydrogens is 372 g/mol. The van der Waals surface area contributed by atoms with E-state index in [1.807, 2.05) is 48.5 Å². The first kappa shape index (κ1) is 19.6. The molecule has 0 atom stereocenters. The number of sulfonamides is 1. The van der Waals surface area contributed by atoms with Gasteiger partial charge in [0, 0.05) is 12.1 Å². The fourth-order valence-electron chi connectivity index (χ4n) is 3.11. The zero-order chi connectivity index (χ0) is 20.1. The molecule has 0 bridgehead atoms. The molecule has 0 aliphatic carbocycles. The molecule has 144 valence electrons. The first-order valence-corrected chi connectivity index (χ1v) is 10.8. The minimum absolute atomic E-state index is 0.243. The number of nitrogens with one attached hydrogen (secondary N) is 1. The Kier molecular flexibility index (Phi) is 5.80. The molecule has 0 radical (unpaired) electrons. The molecule has 0 aromatic heterocycles. The average molecular weight is 394 g/mol. The third-order valence-electron chi connectivity index (χ3n) is 4.33. The predicted octanol–water partition coefficient (Wildman–Crippen LogP) is 3.81. The van der Waals surface area contributed by atoms with Crippen LogP contribution in [-0.2, 0) is 21.2 Å². The molecule has 0 aliphatic heterocycles. The SMILES string of the molecule is CS(=O)(=O)Nc1cccc(-c2ccc(-c3ccccc3)cc2CCC(N)=O)c1. The Morgan fingerprint density at radius 1 is 0.893 bits per heavy atom. The van der Waals surface area contributed by atoms with Crippen LogP contribution in [0.5, 0.6) is 0 Å². The number of hydrogen-bond donors (Lipinski definition) is 2. The molecular formula is C22H22N2O3S. The molecule has 5 nitrogen and oxygen atoms in total. The van der Waals surface area contributed by atoms with Gasteiger partial charge in [-0.2, -0.15) is 0 Å². The van der Waals surface area contributed by atoms with Crippen LogP contribution in [0.25, 0.3) is 22.3 Å². The number of carbonyl (C=O) groups excluding carboxylic acids is 1. The Hall–Kier alpha value is -3.12. The number of anilines is 1. The van der Waals surface area contributed by atoms with E-state index in [4.69, 9.17) is 5.73 Å². The van der Waals surface area contributed by atoms with Crippen molar-refractivity contribution in [2.45, 2.75) is 12.8 Å². The van der Waals surface area contributed by atoms with Crippen LogP contribution in [-0.4, -0.2) is 20.6 Å². The lowest BCUT2D eigenvalue weighted by Gasteiger charge is -2.13. The van der Waals surface area contributed by atoms with Gasteiger partial charge in [0.2, 0.25) is 15.9 Å². The van der Waals surface area contributed by atoms with Crippen molar-refractivity contribution >= 4 is 21.6 Å². The lowest BCUT2D eigenvalue weighted by Crippen LogP contribution is -2.11. The number of amides is 1. The van der Waals surface area contributed by atoms with Crippen molar-refractivity contribution in [3.8, 4) is 22.3 Å². The summed E-state index contributed by atoms with van der Waals surface area (Å²) < 4.78 is 25.6. The van der Waals surface area contributed by atoms with E-state index in [-0.39, 0.29) is 12.3 Å². The highest BCUT2D eigenvalue weighted by molar-refractivity contribution is 7.92. The standard InChI is InChI=1S/C22H22N2O3S/c1-28(26,27)24-20-9-5-8-18(15-20)21-12-10-17(16-6-3-2-4-7-16)14-19(21)11-13-22(23)25/h2-10,12,14-15,24H,11,13H2,1H3,(H2,23,25). The second-order valence-corrected chi connectivity index (χ2v) is 8.41. The van der Waals surface area contributed by atoms with Crippen molar-refractivity contribution in [3.05, 3.63) is 78.4 Å². The van der Waals surface area contributed by atoms with E-state index in [9.17, 15) is 13.2 Å². The molecule has 0 spiro atoms. The van der Waals surface area contributed by atoms with Crippen molar-refractivity contribution in [2.75, 3.05) is 11.0 Å². The van der Waals surface area contributed by atoms with Gasteiger partial charge in [-0.25, -0.2) is 8.42 Å². The van der Waals surface area contributed by atoms with Crippen molar-refractivity contribution in [1.82, 2.24) is 0 Å². The fourth-order valence-corrected chi connectivity index (χ4v) is 3.67. The van der Waals surface area contributed by atoms with Gasteiger partial charge in [-0.3, -0.25) is 9.52 Å². The quantitative estimate of drug-likeness (QED) is 0.638. The third kappa shape index (κ3) is 5.20. The summed E-state index contributed by atoms with van der Waals surface area (Å²) in [5.74, 6) is -0.358. The number of nitrogens with two attached hydrogens (primary N) is 1. The van der Waals surface area contributed by atoms with Gasteiger partial charge in [0.15, 0.2) is 0 Å². The van der Waals surface area contributed by atoms with Gasteiger partial charge in [0.05, 0.1) is 6.26 Å². The molecule has 0 aliphatic rings. The molecule has 0 saturated heterocycles. The summed E-state index contributed by atoms with van der Waals surface area (Å²) >= 11 is 0. The summed E-state index contributed by atoms with van der Waals surface area (Å²) in [6, 6.07) is 23.3. The van der Waals surface area contributed by atoms with Crippen LogP contribution in [0.1, 0.15) is 12.0 Å². The van der Waals surface area contributed by atoms with E-state index < -0.39 is 10.0 Å². The predicted molar refractivity (Wildman–Crippen MR) is 113 cm³/mol. The molecule has 0 saturated carbocycles. The number of benzene rings is 3. The van der Waals surface area contributed by atoms with E-state index in [0.29, 0.717) is 12.1 Å². The summed E-state index contributed by atoms with van der Waals surface area (Å²) in [7, 11) is -3.36. The fraction of sp³-hybridized carbons (Fsp3) is 0.136. The number of aryl methyl sites for hydroxylation is 1. The molecule has 6 heteroatoms. The molecule has 3 N–H and O–H groups in total. The molecule has 0 heterocycles. The largest absolute Gasteiger partial charge is 0.370 e. The lowest BCUT2D eigenvalue weighted by atomic mass is 9.92. The van der Waals surface area contributed by atoms with Crippen LogP contribution in [0.4, 0.5) is 5.69 Å². The minimum atomic E-state index is -3.36. The van der Waals surface area contributed by atoms with E-state index in [2.05, 4.69) is 10.8 Å². The van der Waals surface area contributed by atoms with Crippen molar-refractivity contribution in [2.24, 2.45) is 5.73 Å². The molecule has 0 unspecified atom stereocenters. The lowest BCUT2D eigenvalue weighted by molar-refractivity contribution is -0.117. The maximum atomic E-state index is 11.5. The Morgan fingerprint density at radius 3 is 2.29 bits per heavy atom. The highest BCUT2D eigenvalue weighted by Gasteiger charge is 2.11. The smallest absolute Gasteiger partial charge is 0.229 e. The number of rotatable bonds is 7. The Labute approximate surface area is 165 Å². The zero-order valence-electron chi connectivity index (χ0n) is 15.6. The van der Waals surface area contributed by atoms with Crippen LogP contribution in [0.3, 0.4) is 0 Å². The van der Waals surface area contributed by atoms with Crippen LogP contribution >= 0.6 is 0 Å². The summed E-state index contributed by atoms with van der Waals surface area (Å²) in [4.78, 5) is 11.3. The Bertz CT molecular complexity index is 1090. The highest BCUT2D eigenvalue weighted by Crippen LogP contribution is 2.31. The van der Waals surface area contributed by atoms with E-state index in [1.165, 1.54) is 0 Å². The van der Waals surface area contributed by atoms with Gasteiger partial charge < -0.3 is 5.73 Å². The first-order valence-electron chi connectivity index (χ1n) is 8.87. The second-order valence-electron chi connectivity index (χ2n) is 6.66. The van der Waals surface area contributed by atoms with Crippen molar-refractivity contribution < 1.29 is 13.2 Å². The van der Waals surface area contributed by atoms with E-state index in [0.717, 1.165) is 34.1 Å². The third-order valence-corrected chi connectivity index (χ3v) is 4.94. The second kappa shape index (κ2) is 8.27. The highest BCUT2D eigenvalue weighted by atomic mass is 32.2.